The summed E-state index contributed by atoms with van der Waals surface area (Å²) in [4.78, 5) is 29.8. The molecule has 0 saturated heterocycles. The molecule has 10 heteroatoms. The molecular weight excluding hydrogens is 389 g/mol. The van der Waals surface area contributed by atoms with Crippen molar-refractivity contribution in [1.29, 1.82) is 0 Å². The standard InChI is InChI=1S/C20H20FN7O2/c1-9-16-14(28-20(22)25-9)7-13(26-18(16)29)11-5-4-10(21)6-12(11)15-8-24-17(23-2)19(27-15)30-3/h4-6,8,13H,7H2,1-3H3,(H,23,24)(H,26,29)(H2,22,25,28)/t13-/m1/s1. The van der Waals surface area contributed by atoms with Crippen LogP contribution >= 0.6 is 0 Å². The predicted octanol–water partition coefficient (Wildman–Crippen LogP) is 2.04. The van der Waals surface area contributed by atoms with Crippen LogP contribution in [0, 0.1) is 12.7 Å². The summed E-state index contributed by atoms with van der Waals surface area (Å²) in [6.07, 6.45) is 1.90. The fourth-order valence-electron chi connectivity index (χ4n) is 3.63. The third-order valence-electron chi connectivity index (χ3n) is 4.95. The van der Waals surface area contributed by atoms with Gasteiger partial charge >= 0.3 is 0 Å². The van der Waals surface area contributed by atoms with Crippen molar-refractivity contribution in [2.24, 2.45) is 0 Å². The number of fused-ring (bicyclic) bond motifs is 1. The number of nitrogens with one attached hydrogen (secondary N) is 2. The van der Waals surface area contributed by atoms with Gasteiger partial charge in [-0.2, -0.15) is 0 Å². The van der Waals surface area contributed by atoms with Gasteiger partial charge in [0.15, 0.2) is 5.82 Å². The van der Waals surface area contributed by atoms with Crippen molar-refractivity contribution in [1.82, 2.24) is 25.3 Å². The third kappa shape index (κ3) is 3.36. The topological polar surface area (TPSA) is 128 Å². The van der Waals surface area contributed by atoms with Crippen molar-refractivity contribution < 1.29 is 13.9 Å². The van der Waals surface area contributed by atoms with Crippen LogP contribution in [0.3, 0.4) is 0 Å². The molecule has 3 heterocycles. The minimum Gasteiger partial charge on any atom is -0.478 e. The number of hydrogen-bond donors (Lipinski definition) is 3. The van der Waals surface area contributed by atoms with E-state index < -0.39 is 11.9 Å². The zero-order valence-electron chi connectivity index (χ0n) is 16.7. The van der Waals surface area contributed by atoms with Crippen LogP contribution in [0.4, 0.5) is 16.2 Å². The SMILES string of the molecule is CNc1ncc(-c2cc(F)ccc2[C@H]2Cc3nc(N)nc(C)c3C(=O)N2)nc1OC. The molecule has 9 nitrogen and oxygen atoms in total. The summed E-state index contributed by atoms with van der Waals surface area (Å²) in [5, 5.41) is 5.84. The van der Waals surface area contributed by atoms with Crippen molar-refractivity contribution in [3.05, 3.63) is 52.7 Å². The molecule has 0 aliphatic carbocycles. The lowest BCUT2D eigenvalue weighted by Crippen LogP contribution is -2.37. The Morgan fingerprint density at radius 1 is 1.30 bits per heavy atom. The molecule has 4 N–H and O–H groups in total. The van der Waals surface area contributed by atoms with Crippen LogP contribution in [0.5, 0.6) is 5.88 Å². The molecule has 2 aromatic heterocycles. The van der Waals surface area contributed by atoms with E-state index in [2.05, 4.69) is 30.6 Å². The Labute approximate surface area is 171 Å². The van der Waals surface area contributed by atoms with E-state index in [1.165, 1.54) is 25.4 Å². The van der Waals surface area contributed by atoms with Crippen LogP contribution in [-0.4, -0.2) is 40.0 Å². The number of nitrogen functional groups attached to an aromatic ring is 1. The Kier molecular flexibility index (Phi) is 4.90. The summed E-state index contributed by atoms with van der Waals surface area (Å²) < 4.78 is 19.4. The summed E-state index contributed by atoms with van der Waals surface area (Å²) in [5.41, 5.74) is 8.86. The summed E-state index contributed by atoms with van der Waals surface area (Å²) >= 11 is 0. The first-order valence-corrected chi connectivity index (χ1v) is 9.23. The molecule has 0 unspecified atom stereocenters. The number of methoxy groups -OCH3 is 1. The molecule has 30 heavy (non-hydrogen) atoms. The lowest BCUT2D eigenvalue weighted by atomic mass is 9.90. The molecule has 0 bridgehead atoms. The van der Waals surface area contributed by atoms with Gasteiger partial charge in [-0.25, -0.2) is 24.3 Å². The lowest BCUT2D eigenvalue weighted by molar-refractivity contribution is 0.0922. The van der Waals surface area contributed by atoms with Crippen molar-refractivity contribution >= 4 is 17.7 Å². The van der Waals surface area contributed by atoms with Gasteiger partial charge < -0.3 is 21.1 Å². The highest BCUT2D eigenvalue weighted by atomic mass is 19.1. The molecule has 0 radical (unpaired) electrons. The highest BCUT2D eigenvalue weighted by Crippen LogP contribution is 2.34. The van der Waals surface area contributed by atoms with E-state index in [9.17, 15) is 9.18 Å². The van der Waals surface area contributed by atoms with Gasteiger partial charge in [0, 0.05) is 19.0 Å². The quantitative estimate of drug-likeness (QED) is 0.597. The number of halogens is 1. The smallest absolute Gasteiger partial charge is 0.257 e. The normalized spacial score (nSPS) is 15.3. The number of nitrogens with zero attached hydrogens (tertiary/aromatic N) is 4. The van der Waals surface area contributed by atoms with Crippen LogP contribution in [0.2, 0.25) is 0 Å². The summed E-state index contributed by atoms with van der Waals surface area (Å²) in [5.74, 6) is 0.110. The first-order chi connectivity index (χ1) is 14.4. The highest BCUT2D eigenvalue weighted by molar-refractivity contribution is 5.98. The fraction of sp³-hybridized carbons (Fsp3) is 0.250. The van der Waals surface area contributed by atoms with Crippen LogP contribution in [0.15, 0.2) is 24.4 Å². The monoisotopic (exact) mass is 409 g/mol. The van der Waals surface area contributed by atoms with Gasteiger partial charge in [0.05, 0.1) is 42.0 Å². The summed E-state index contributed by atoms with van der Waals surface area (Å²) in [7, 11) is 3.18. The zero-order chi connectivity index (χ0) is 21.4. The number of amides is 1. The van der Waals surface area contributed by atoms with Crippen molar-refractivity contribution in [2.45, 2.75) is 19.4 Å². The molecule has 0 saturated carbocycles. The first kappa shape index (κ1) is 19.5. The summed E-state index contributed by atoms with van der Waals surface area (Å²) in [6.45, 7) is 1.71. The fourth-order valence-corrected chi connectivity index (χ4v) is 3.63. The van der Waals surface area contributed by atoms with Gasteiger partial charge in [-0.3, -0.25) is 4.79 Å². The number of nitrogens with two attached hydrogens (primary N) is 1. The van der Waals surface area contributed by atoms with E-state index in [1.54, 1.807) is 20.0 Å². The molecule has 3 aromatic rings. The maximum Gasteiger partial charge on any atom is 0.257 e. The number of anilines is 2. The summed E-state index contributed by atoms with van der Waals surface area (Å²) in [6, 6.07) is 3.87. The Morgan fingerprint density at radius 2 is 2.10 bits per heavy atom. The lowest BCUT2D eigenvalue weighted by Gasteiger charge is -2.27. The van der Waals surface area contributed by atoms with E-state index in [1.807, 2.05) is 0 Å². The van der Waals surface area contributed by atoms with Crippen LogP contribution in [0.1, 0.15) is 33.4 Å². The largest absolute Gasteiger partial charge is 0.478 e. The average Bonchev–Trinajstić information content (AvgIpc) is 2.72. The third-order valence-corrected chi connectivity index (χ3v) is 4.95. The Morgan fingerprint density at radius 3 is 2.83 bits per heavy atom. The maximum absolute atomic E-state index is 14.1. The molecule has 1 atom stereocenters. The second-order valence-corrected chi connectivity index (χ2v) is 6.81. The Balaban J connectivity index is 1.81. The van der Waals surface area contributed by atoms with Crippen LogP contribution in [-0.2, 0) is 6.42 Å². The van der Waals surface area contributed by atoms with Crippen LogP contribution < -0.4 is 21.1 Å². The molecule has 4 rings (SSSR count). The van der Waals surface area contributed by atoms with Gasteiger partial charge in [0.1, 0.15) is 5.82 Å². The number of rotatable bonds is 4. The highest BCUT2D eigenvalue weighted by Gasteiger charge is 2.31. The van der Waals surface area contributed by atoms with Crippen molar-refractivity contribution in [3.8, 4) is 17.1 Å². The van der Waals surface area contributed by atoms with E-state index in [4.69, 9.17) is 10.5 Å². The minimum absolute atomic E-state index is 0.109. The Hall–Kier alpha value is -3.82. The number of ether oxygens (including phenoxy) is 1. The van der Waals surface area contributed by atoms with Crippen LogP contribution in [0.25, 0.3) is 11.3 Å². The van der Waals surface area contributed by atoms with E-state index in [-0.39, 0.29) is 17.7 Å². The van der Waals surface area contributed by atoms with E-state index >= 15 is 0 Å². The van der Waals surface area contributed by atoms with Gasteiger partial charge in [0.2, 0.25) is 5.95 Å². The number of aromatic nitrogens is 4. The Bertz CT molecular complexity index is 1150. The van der Waals surface area contributed by atoms with Gasteiger partial charge in [0.25, 0.3) is 11.8 Å². The molecule has 0 fully saturated rings. The minimum atomic E-state index is -0.453. The van der Waals surface area contributed by atoms with Crippen molar-refractivity contribution in [2.75, 3.05) is 25.2 Å². The molecule has 1 aliphatic heterocycles. The van der Waals surface area contributed by atoms with Gasteiger partial charge in [-0.05, 0) is 24.6 Å². The molecule has 154 valence electrons. The molecular formula is C20H20FN7O2. The molecule has 1 aromatic carbocycles. The molecule has 0 spiro atoms. The molecule has 1 aliphatic rings. The van der Waals surface area contributed by atoms with Crippen molar-refractivity contribution in [3.63, 3.8) is 0 Å². The number of carbonyl (C=O) groups is 1. The van der Waals surface area contributed by atoms with Gasteiger partial charge in [-0.1, -0.05) is 6.07 Å². The predicted molar refractivity (Wildman–Crippen MR) is 109 cm³/mol. The second-order valence-electron chi connectivity index (χ2n) is 6.81. The maximum atomic E-state index is 14.1. The second kappa shape index (κ2) is 7.54. The number of carbonyl (C=O) groups excluding carboxylic acids is 1. The first-order valence-electron chi connectivity index (χ1n) is 9.23. The van der Waals surface area contributed by atoms with E-state index in [0.717, 1.165) is 0 Å². The van der Waals surface area contributed by atoms with Gasteiger partial charge in [-0.15, -0.1) is 0 Å². The number of hydrogen-bond acceptors (Lipinski definition) is 8. The zero-order valence-corrected chi connectivity index (χ0v) is 16.7. The molecule has 1 amide bonds. The number of benzene rings is 1. The average molecular weight is 409 g/mol. The van der Waals surface area contributed by atoms with E-state index in [0.29, 0.717) is 46.0 Å². The number of aryl methyl sites for hydroxylation is 1.